The minimum Gasteiger partial charge on any atom is -0.488 e. The van der Waals surface area contributed by atoms with Crippen molar-refractivity contribution in [2.75, 3.05) is 25.1 Å². The number of ether oxygens (including phenoxy) is 2. The molecule has 1 aliphatic heterocycles. The first kappa shape index (κ1) is 32.5. The Labute approximate surface area is 279 Å². The number of likely N-dealkylation sites (N-methyl/N-ethyl adjacent to an activating group) is 1. The Morgan fingerprint density at radius 1 is 0.957 bits per heavy atom. The Kier molecular flexibility index (Phi) is 10.4. The van der Waals surface area contributed by atoms with E-state index in [1.54, 1.807) is 11.3 Å². The fraction of sp³-hybridized carbons (Fsp3) is 0.154. The van der Waals surface area contributed by atoms with Crippen LogP contribution in [0.1, 0.15) is 33.4 Å². The lowest BCUT2D eigenvalue weighted by atomic mass is 9.87. The molecule has 232 valence electrons. The second-order valence-electron chi connectivity index (χ2n) is 10.9. The van der Waals surface area contributed by atoms with Crippen molar-refractivity contribution in [2.45, 2.75) is 19.1 Å². The molecule has 1 unspecified atom stereocenters. The number of hydrogen-bond acceptors (Lipinski definition) is 7. The van der Waals surface area contributed by atoms with Gasteiger partial charge in [0.15, 0.2) is 11.3 Å². The second kappa shape index (κ2) is 15.0. The summed E-state index contributed by atoms with van der Waals surface area (Å²) in [4.78, 5) is 7.65. The van der Waals surface area contributed by atoms with Crippen LogP contribution in [0, 0.1) is 29.2 Å². The monoisotopic (exact) mass is 636 g/mol. The molecule has 47 heavy (non-hydrogen) atoms. The van der Waals surface area contributed by atoms with Gasteiger partial charge in [0.1, 0.15) is 30.1 Å². The van der Waals surface area contributed by atoms with E-state index in [1.165, 1.54) is 0 Å². The fourth-order valence-corrected chi connectivity index (χ4v) is 6.01. The van der Waals surface area contributed by atoms with Crippen LogP contribution in [0.4, 0.5) is 5.69 Å². The lowest BCUT2D eigenvalue weighted by molar-refractivity contribution is 0.0755. The highest BCUT2D eigenvalue weighted by Crippen LogP contribution is 2.47. The molecule has 4 aromatic rings. The van der Waals surface area contributed by atoms with Crippen molar-refractivity contribution < 1.29 is 14.6 Å². The number of allylic oxidation sites excluding steroid dienone is 1. The molecule has 0 aliphatic carbocycles. The molecule has 0 saturated heterocycles. The van der Waals surface area contributed by atoms with Crippen molar-refractivity contribution >= 4 is 35.3 Å². The van der Waals surface area contributed by atoms with Crippen molar-refractivity contribution in [3.63, 3.8) is 0 Å². The lowest BCUT2D eigenvalue weighted by Crippen LogP contribution is -2.23. The normalized spacial score (nSPS) is 15.7. The number of benzene rings is 3. The van der Waals surface area contributed by atoms with Gasteiger partial charge < -0.3 is 19.5 Å². The molecule has 0 spiro atoms. The van der Waals surface area contributed by atoms with Crippen molar-refractivity contribution in [1.82, 2.24) is 0 Å². The predicted octanol–water partition coefficient (Wildman–Crippen LogP) is 8.36. The summed E-state index contributed by atoms with van der Waals surface area (Å²) >= 11 is 1.58. The zero-order valence-electron chi connectivity index (χ0n) is 26.1. The third kappa shape index (κ3) is 7.35. The van der Waals surface area contributed by atoms with E-state index in [4.69, 9.17) is 16.0 Å². The number of aliphatic hydroxyl groups is 1. The summed E-state index contributed by atoms with van der Waals surface area (Å²) in [6, 6.07) is 33.3. The SMILES string of the molecule is [C-]#[N+]C1=C(/C=C/c2ccc(/C=C/c3ccc(N(C)CCO)cc3OCc3ccccc3)s2)C(C)(c2ccccc2)OC1=C(C#N)C#N. The molecule has 1 atom stereocenters. The average Bonchev–Trinajstić information content (AvgIpc) is 3.68. The summed E-state index contributed by atoms with van der Waals surface area (Å²) < 4.78 is 12.5. The van der Waals surface area contributed by atoms with Crippen molar-refractivity contribution in [2.24, 2.45) is 0 Å². The summed E-state index contributed by atoms with van der Waals surface area (Å²) in [5.74, 6) is 0.742. The Morgan fingerprint density at radius 2 is 1.62 bits per heavy atom. The van der Waals surface area contributed by atoms with Gasteiger partial charge in [-0.25, -0.2) is 4.85 Å². The van der Waals surface area contributed by atoms with Gasteiger partial charge in [0.2, 0.25) is 5.70 Å². The molecular formula is C39H32N4O3S. The number of anilines is 1. The van der Waals surface area contributed by atoms with E-state index < -0.39 is 5.60 Å². The van der Waals surface area contributed by atoms with Crippen molar-refractivity contribution in [3.8, 4) is 17.9 Å². The van der Waals surface area contributed by atoms with Crippen LogP contribution in [-0.2, 0) is 16.9 Å². The molecule has 1 aliphatic rings. The minimum absolute atomic E-state index is 0.00432. The maximum absolute atomic E-state index is 9.55. The molecule has 0 amide bonds. The Hall–Kier alpha value is -5.85. The van der Waals surface area contributed by atoms with E-state index in [-0.39, 0.29) is 23.6 Å². The number of rotatable bonds is 11. The van der Waals surface area contributed by atoms with Gasteiger partial charge in [0.25, 0.3) is 0 Å². The van der Waals surface area contributed by atoms with Crippen LogP contribution in [0.2, 0.25) is 0 Å². The van der Waals surface area contributed by atoms with E-state index >= 15 is 0 Å². The van der Waals surface area contributed by atoms with E-state index in [0.717, 1.165) is 37.9 Å². The molecule has 0 saturated carbocycles. The van der Waals surface area contributed by atoms with Crippen LogP contribution in [-0.4, -0.2) is 25.3 Å². The highest BCUT2D eigenvalue weighted by atomic mass is 32.1. The third-order valence-electron chi connectivity index (χ3n) is 7.78. The molecule has 0 fully saturated rings. The highest BCUT2D eigenvalue weighted by Gasteiger charge is 2.43. The van der Waals surface area contributed by atoms with Crippen LogP contribution >= 0.6 is 11.3 Å². The van der Waals surface area contributed by atoms with Crippen LogP contribution in [0.25, 0.3) is 23.1 Å². The summed E-state index contributed by atoms with van der Waals surface area (Å²) in [5.41, 5.74) is 3.18. The van der Waals surface area contributed by atoms with Crippen molar-refractivity contribution in [1.29, 1.82) is 10.5 Å². The molecule has 8 heteroatoms. The lowest BCUT2D eigenvalue weighted by Gasteiger charge is -2.28. The highest BCUT2D eigenvalue weighted by molar-refractivity contribution is 7.13. The molecular weight excluding hydrogens is 605 g/mol. The zero-order valence-corrected chi connectivity index (χ0v) is 26.9. The maximum atomic E-state index is 9.55. The molecule has 2 heterocycles. The summed E-state index contributed by atoms with van der Waals surface area (Å²) in [6.07, 6.45) is 7.83. The van der Waals surface area contributed by atoms with Gasteiger partial charge in [-0.3, -0.25) is 0 Å². The average molecular weight is 637 g/mol. The van der Waals surface area contributed by atoms with Gasteiger partial charge in [0, 0.05) is 46.2 Å². The van der Waals surface area contributed by atoms with Gasteiger partial charge in [-0.1, -0.05) is 66.7 Å². The van der Waals surface area contributed by atoms with Gasteiger partial charge >= 0.3 is 0 Å². The van der Waals surface area contributed by atoms with E-state index in [0.29, 0.717) is 18.7 Å². The van der Waals surface area contributed by atoms with Crippen LogP contribution in [0.5, 0.6) is 5.75 Å². The van der Waals surface area contributed by atoms with E-state index in [2.05, 4.69) is 4.85 Å². The molecule has 7 nitrogen and oxygen atoms in total. The standard InChI is InChI=1S/C39H32N4O3S/c1-39(31-12-8-5-9-13-31)35(37(42-2)38(46-39)30(25-40)26-41)21-20-34-19-18-33(47-34)17-15-29-14-16-32(43(3)22-23-44)24-36(29)45-27-28-10-6-4-7-11-28/h4-21,24,44H,22-23,27H2,1,3H3/b17-15+,21-20+. The first-order valence-corrected chi connectivity index (χ1v) is 15.7. The number of aliphatic hydroxyl groups excluding tert-OH is 1. The van der Waals surface area contributed by atoms with Gasteiger partial charge in [0.05, 0.1) is 13.2 Å². The number of nitrogens with zero attached hydrogens (tertiary/aromatic N) is 4. The number of hydrogen-bond donors (Lipinski definition) is 1. The quantitative estimate of drug-likeness (QED) is 0.131. The van der Waals surface area contributed by atoms with E-state index in [1.807, 2.05) is 146 Å². The van der Waals surface area contributed by atoms with Crippen LogP contribution < -0.4 is 9.64 Å². The minimum atomic E-state index is -1.06. The first-order valence-electron chi connectivity index (χ1n) is 14.9. The molecule has 3 aromatic carbocycles. The maximum Gasteiger partial charge on any atom is 0.237 e. The molecule has 0 radical (unpaired) electrons. The van der Waals surface area contributed by atoms with Gasteiger partial charge in [-0.15, -0.1) is 11.3 Å². The van der Waals surface area contributed by atoms with Crippen LogP contribution in [0.3, 0.4) is 0 Å². The molecule has 1 aromatic heterocycles. The summed E-state index contributed by atoms with van der Waals surface area (Å²) in [6.45, 7) is 10.7. The molecule has 1 N–H and O–H groups in total. The van der Waals surface area contributed by atoms with Crippen LogP contribution in [0.15, 0.2) is 120 Å². The second-order valence-corrected chi connectivity index (χ2v) is 12.0. The largest absolute Gasteiger partial charge is 0.488 e. The molecule has 5 rings (SSSR count). The smallest absolute Gasteiger partial charge is 0.237 e. The third-order valence-corrected chi connectivity index (χ3v) is 8.79. The fourth-order valence-electron chi connectivity index (χ4n) is 5.19. The Balaban J connectivity index is 1.43. The summed E-state index contributed by atoms with van der Waals surface area (Å²) in [7, 11) is 1.93. The Morgan fingerprint density at radius 3 is 2.26 bits per heavy atom. The summed E-state index contributed by atoms with van der Waals surface area (Å²) in [5, 5.41) is 28.5. The number of nitriles is 2. The first-order chi connectivity index (χ1) is 22.9. The van der Waals surface area contributed by atoms with Gasteiger partial charge in [-0.05, 0) is 60.5 Å². The van der Waals surface area contributed by atoms with Crippen molar-refractivity contribution in [3.05, 3.63) is 158 Å². The van der Waals surface area contributed by atoms with Gasteiger partial charge in [-0.2, -0.15) is 10.5 Å². The predicted molar refractivity (Wildman–Crippen MR) is 187 cm³/mol. The Bertz CT molecular complexity index is 1970. The topological polar surface area (TPSA) is 93.9 Å². The number of thiophene rings is 1. The van der Waals surface area contributed by atoms with E-state index in [9.17, 15) is 15.6 Å². The molecule has 0 bridgehead atoms. The zero-order chi connectivity index (χ0) is 33.2.